The zero-order chi connectivity index (χ0) is 14.1. The van der Waals surface area contributed by atoms with Crippen LogP contribution in [0.1, 0.15) is 45.0 Å². The smallest absolute Gasteiger partial charge is 0.223 e. The van der Waals surface area contributed by atoms with Crippen molar-refractivity contribution in [2.75, 3.05) is 0 Å². The van der Waals surface area contributed by atoms with E-state index < -0.39 is 0 Å². The average molecular weight is 271 g/mol. The third kappa shape index (κ3) is 2.55. The molecule has 2 aromatic rings. The van der Waals surface area contributed by atoms with Gasteiger partial charge in [0.2, 0.25) is 5.91 Å². The van der Waals surface area contributed by atoms with Gasteiger partial charge in [0.05, 0.1) is 17.1 Å². The molecular weight excluding hydrogens is 250 g/mol. The lowest BCUT2D eigenvalue weighted by atomic mass is 9.98. The number of aromatic nitrogens is 2. The molecule has 1 amide bonds. The van der Waals surface area contributed by atoms with Crippen LogP contribution in [-0.4, -0.2) is 15.9 Å². The fourth-order valence-corrected chi connectivity index (χ4v) is 2.45. The number of para-hydroxylation sites is 2. The maximum absolute atomic E-state index is 12.1. The van der Waals surface area contributed by atoms with Crippen molar-refractivity contribution in [1.29, 1.82) is 0 Å². The van der Waals surface area contributed by atoms with Crippen molar-refractivity contribution >= 4 is 16.9 Å². The maximum Gasteiger partial charge on any atom is 0.223 e. The van der Waals surface area contributed by atoms with Crippen LogP contribution >= 0.6 is 0 Å². The number of nitrogens with zero attached hydrogens (tertiary/aromatic N) is 1. The van der Waals surface area contributed by atoms with E-state index in [9.17, 15) is 4.79 Å². The van der Waals surface area contributed by atoms with Crippen LogP contribution in [0, 0.1) is 11.8 Å². The van der Waals surface area contributed by atoms with Crippen LogP contribution in [0.3, 0.4) is 0 Å². The van der Waals surface area contributed by atoms with Gasteiger partial charge in [-0.25, -0.2) is 4.98 Å². The predicted molar refractivity (Wildman–Crippen MR) is 79.2 cm³/mol. The SMILES string of the molecule is CC[C@H](C)[C@H](NC(=O)C1CC1)c1nc2ccccc2[nH]1. The number of carbonyl (C=O) groups excluding carboxylic acids is 1. The largest absolute Gasteiger partial charge is 0.346 e. The standard InChI is InChI=1S/C16H21N3O/c1-3-10(2)14(19-16(20)11-8-9-11)15-17-12-6-4-5-7-13(12)18-15/h4-7,10-11,14H,3,8-9H2,1-2H3,(H,17,18)(H,19,20)/t10-,14-/m0/s1. The van der Waals surface area contributed by atoms with Crippen LogP contribution in [0.15, 0.2) is 24.3 Å². The van der Waals surface area contributed by atoms with Gasteiger partial charge in [-0.1, -0.05) is 32.4 Å². The highest BCUT2D eigenvalue weighted by Crippen LogP contribution is 2.31. The first-order chi connectivity index (χ1) is 9.69. The molecule has 1 fully saturated rings. The van der Waals surface area contributed by atoms with Crippen LogP contribution in [-0.2, 0) is 4.79 Å². The molecule has 1 aliphatic carbocycles. The van der Waals surface area contributed by atoms with E-state index in [1.54, 1.807) is 0 Å². The Morgan fingerprint density at radius 3 is 2.85 bits per heavy atom. The molecule has 106 valence electrons. The fraction of sp³-hybridized carbons (Fsp3) is 0.500. The number of hydrogen-bond donors (Lipinski definition) is 2. The summed E-state index contributed by atoms with van der Waals surface area (Å²) in [4.78, 5) is 20.1. The van der Waals surface area contributed by atoms with Crippen LogP contribution in [0.5, 0.6) is 0 Å². The molecule has 0 spiro atoms. The van der Waals surface area contributed by atoms with Gasteiger partial charge in [0, 0.05) is 5.92 Å². The summed E-state index contributed by atoms with van der Waals surface area (Å²) in [5.74, 6) is 1.63. The summed E-state index contributed by atoms with van der Waals surface area (Å²) >= 11 is 0. The molecule has 0 saturated heterocycles. The van der Waals surface area contributed by atoms with E-state index in [4.69, 9.17) is 0 Å². The lowest BCUT2D eigenvalue weighted by Crippen LogP contribution is -2.34. The van der Waals surface area contributed by atoms with E-state index in [-0.39, 0.29) is 17.9 Å². The monoisotopic (exact) mass is 271 g/mol. The summed E-state index contributed by atoms with van der Waals surface area (Å²) < 4.78 is 0. The summed E-state index contributed by atoms with van der Waals surface area (Å²) in [5, 5.41) is 3.17. The second kappa shape index (κ2) is 5.27. The number of hydrogen-bond acceptors (Lipinski definition) is 2. The summed E-state index contributed by atoms with van der Waals surface area (Å²) in [6.07, 6.45) is 3.06. The van der Waals surface area contributed by atoms with Crippen molar-refractivity contribution in [3.63, 3.8) is 0 Å². The molecule has 3 rings (SSSR count). The van der Waals surface area contributed by atoms with Gasteiger partial charge >= 0.3 is 0 Å². The average Bonchev–Trinajstić information content (AvgIpc) is 3.23. The molecule has 20 heavy (non-hydrogen) atoms. The molecular formula is C16H21N3O. The Hall–Kier alpha value is -1.84. The molecule has 1 aliphatic rings. The molecule has 2 N–H and O–H groups in total. The Labute approximate surface area is 119 Å². The van der Waals surface area contributed by atoms with Gasteiger partial charge in [-0.3, -0.25) is 4.79 Å². The zero-order valence-corrected chi connectivity index (χ0v) is 12.0. The van der Waals surface area contributed by atoms with Crippen molar-refractivity contribution < 1.29 is 4.79 Å². The Balaban J connectivity index is 1.88. The molecule has 0 aliphatic heterocycles. The van der Waals surface area contributed by atoms with Gasteiger partial charge in [-0.05, 0) is 30.9 Å². The quantitative estimate of drug-likeness (QED) is 0.877. The van der Waals surface area contributed by atoms with E-state index in [1.165, 1.54) is 0 Å². The summed E-state index contributed by atoms with van der Waals surface area (Å²) in [6, 6.07) is 7.95. The first-order valence-electron chi connectivity index (χ1n) is 7.44. The third-order valence-corrected chi connectivity index (χ3v) is 4.16. The molecule has 2 atom stereocenters. The van der Waals surface area contributed by atoms with Gasteiger partial charge in [0.25, 0.3) is 0 Å². The van der Waals surface area contributed by atoms with E-state index in [2.05, 4.69) is 29.1 Å². The summed E-state index contributed by atoms with van der Waals surface area (Å²) in [7, 11) is 0. The Morgan fingerprint density at radius 2 is 2.20 bits per heavy atom. The van der Waals surface area contributed by atoms with Crippen LogP contribution in [0.2, 0.25) is 0 Å². The van der Waals surface area contributed by atoms with Crippen LogP contribution in [0.4, 0.5) is 0 Å². The highest BCUT2D eigenvalue weighted by Gasteiger charge is 2.33. The highest BCUT2D eigenvalue weighted by molar-refractivity contribution is 5.81. The number of benzene rings is 1. The molecule has 0 radical (unpaired) electrons. The van der Waals surface area contributed by atoms with Crippen molar-refractivity contribution in [3.8, 4) is 0 Å². The second-order valence-corrected chi connectivity index (χ2v) is 5.79. The second-order valence-electron chi connectivity index (χ2n) is 5.79. The van der Waals surface area contributed by atoms with E-state index in [0.717, 1.165) is 36.1 Å². The Bertz CT molecular complexity index is 582. The van der Waals surface area contributed by atoms with Gasteiger partial charge in [-0.2, -0.15) is 0 Å². The van der Waals surface area contributed by atoms with Crippen molar-refractivity contribution in [2.24, 2.45) is 11.8 Å². The zero-order valence-electron chi connectivity index (χ0n) is 12.0. The molecule has 0 bridgehead atoms. The van der Waals surface area contributed by atoms with Gasteiger partial charge in [-0.15, -0.1) is 0 Å². The Morgan fingerprint density at radius 1 is 1.45 bits per heavy atom. The molecule has 1 saturated carbocycles. The van der Waals surface area contributed by atoms with E-state index >= 15 is 0 Å². The molecule has 0 unspecified atom stereocenters. The minimum absolute atomic E-state index is 0.0273. The normalized spacial score (nSPS) is 17.9. The van der Waals surface area contributed by atoms with E-state index in [1.807, 2.05) is 24.3 Å². The van der Waals surface area contributed by atoms with Crippen molar-refractivity contribution in [2.45, 2.75) is 39.2 Å². The lowest BCUT2D eigenvalue weighted by Gasteiger charge is -2.22. The topological polar surface area (TPSA) is 57.8 Å². The third-order valence-electron chi connectivity index (χ3n) is 4.16. The Kier molecular flexibility index (Phi) is 3.47. The molecule has 4 nitrogen and oxygen atoms in total. The minimum Gasteiger partial charge on any atom is -0.346 e. The summed E-state index contributed by atoms with van der Waals surface area (Å²) in [5.41, 5.74) is 1.98. The van der Waals surface area contributed by atoms with E-state index in [0.29, 0.717) is 5.92 Å². The number of carbonyl (C=O) groups is 1. The van der Waals surface area contributed by atoms with Gasteiger partial charge in [0.1, 0.15) is 5.82 Å². The molecule has 1 aromatic heterocycles. The molecule has 1 heterocycles. The lowest BCUT2D eigenvalue weighted by molar-refractivity contribution is -0.123. The first kappa shape index (κ1) is 13.2. The van der Waals surface area contributed by atoms with Crippen molar-refractivity contribution in [1.82, 2.24) is 15.3 Å². The fourth-order valence-electron chi connectivity index (χ4n) is 2.45. The number of rotatable bonds is 5. The number of nitrogens with one attached hydrogen (secondary N) is 2. The number of H-pyrrole nitrogens is 1. The number of fused-ring (bicyclic) bond motifs is 1. The van der Waals surface area contributed by atoms with Gasteiger partial charge in [0.15, 0.2) is 0 Å². The van der Waals surface area contributed by atoms with Gasteiger partial charge < -0.3 is 10.3 Å². The molecule has 4 heteroatoms. The van der Waals surface area contributed by atoms with Crippen LogP contribution < -0.4 is 5.32 Å². The highest BCUT2D eigenvalue weighted by atomic mass is 16.2. The van der Waals surface area contributed by atoms with Crippen molar-refractivity contribution in [3.05, 3.63) is 30.1 Å². The number of imidazole rings is 1. The predicted octanol–water partition coefficient (Wildman–Crippen LogP) is 3.18. The summed E-state index contributed by atoms with van der Waals surface area (Å²) in [6.45, 7) is 4.30. The minimum atomic E-state index is -0.0273. The maximum atomic E-state index is 12.1. The first-order valence-corrected chi connectivity index (χ1v) is 7.44. The number of aromatic amines is 1. The van der Waals surface area contributed by atoms with Crippen LogP contribution in [0.25, 0.3) is 11.0 Å². The molecule has 1 aromatic carbocycles. The number of amides is 1.